The summed E-state index contributed by atoms with van der Waals surface area (Å²) in [6, 6.07) is 7.51. The second kappa shape index (κ2) is 7.19. The SMILES string of the molecule is Cc1ccccc1NC(=O)CS(=O)CCCN. The van der Waals surface area contributed by atoms with Gasteiger partial charge in [0.1, 0.15) is 5.75 Å². The molecule has 0 spiro atoms. The van der Waals surface area contributed by atoms with Crippen LogP contribution in [0.2, 0.25) is 0 Å². The highest BCUT2D eigenvalue weighted by Gasteiger charge is 2.08. The molecule has 1 aromatic rings. The van der Waals surface area contributed by atoms with Gasteiger partial charge in [0.05, 0.1) is 0 Å². The topological polar surface area (TPSA) is 72.2 Å². The van der Waals surface area contributed by atoms with Crippen molar-refractivity contribution in [3.63, 3.8) is 0 Å². The zero-order valence-corrected chi connectivity index (χ0v) is 10.8. The molecule has 0 bridgehead atoms. The summed E-state index contributed by atoms with van der Waals surface area (Å²) in [4.78, 5) is 11.6. The molecule has 0 radical (unpaired) electrons. The van der Waals surface area contributed by atoms with E-state index in [1.165, 1.54) is 0 Å². The van der Waals surface area contributed by atoms with E-state index in [0.29, 0.717) is 18.7 Å². The van der Waals surface area contributed by atoms with Crippen LogP contribution in [0.1, 0.15) is 12.0 Å². The maximum atomic E-state index is 11.6. The molecule has 0 aliphatic carbocycles. The average molecular weight is 254 g/mol. The number of nitrogens with two attached hydrogens (primary N) is 1. The molecule has 1 atom stereocenters. The van der Waals surface area contributed by atoms with Gasteiger partial charge < -0.3 is 11.1 Å². The Labute approximate surface area is 104 Å². The number of amides is 1. The number of hydrogen-bond donors (Lipinski definition) is 2. The first kappa shape index (κ1) is 13.9. The number of anilines is 1. The third-order valence-corrected chi connectivity index (χ3v) is 3.62. The Hall–Kier alpha value is -1.20. The summed E-state index contributed by atoms with van der Waals surface area (Å²) in [5.41, 5.74) is 7.08. The molecule has 0 aliphatic rings. The van der Waals surface area contributed by atoms with E-state index in [9.17, 15) is 9.00 Å². The van der Waals surface area contributed by atoms with E-state index >= 15 is 0 Å². The van der Waals surface area contributed by atoms with Gasteiger partial charge >= 0.3 is 0 Å². The lowest BCUT2D eigenvalue weighted by Gasteiger charge is -2.07. The number of benzene rings is 1. The van der Waals surface area contributed by atoms with Crippen molar-refractivity contribution in [1.29, 1.82) is 0 Å². The van der Waals surface area contributed by atoms with Crippen LogP contribution in [0.3, 0.4) is 0 Å². The number of para-hydroxylation sites is 1. The van der Waals surface area contributed by atoms with E-state index in [4.69, 9.17) is 5.73 Å². The number of nitrogens with one attached hydrogen (secondary N) is 1. The van der Waals surface area contributed by atoms with Crippen LogP contribution < -0.4 is 11.1 Å². The highest BCUT2D eigenvalue weighted by molar-refractivity contribution is 7.85. The Morgan fingerprint density at radius 3 is 2.76 bits per heavy atom. The molecule has 4 nitrogen and oxygen atoms in total. The molecule has 0 aromatic heterocycles. The van der Waals surface area contributed by atoms with Crippen LogP contribution in [0.25, 0.3) is 0 Å². The molecule has 1 amide bonds. The number of carbonyl (C=O) groups excluding carboxylic acids is 1. The lowest BCUT2D eigenvalue weighted by molar-refractivity contribution is -0.113. The van der Waals surface area contributed by atoms with Gasteiger partial charge in [0, 0.05) is 22.2 Å². The fraction of sp³-hybridized carbons (Fsp3) is 0.417. The van der Waals surface area contributed by atoms with Gasteiger partial charge in [0.15, 0.2) is 0 Å². The normalized spacial score (nSPS) is 12.1. The minimum atomic E-state index is -1.12. The molecule has 0 fully saturated rings. The maximum absolute atomic E-state index is 11.6. The zero-order valence-electron chi connectivity index (χ0n) is 9.94. The molecule has 5 heteroatoms. The monoisotopic (exact) mass is 254 g/mol. The lowest BCUT2D eigenvalue weighted by Crippen LogP contribution is -2.21. The first-order valence-electron chi connectivity index (χ1n) is 5.54. The van der Waals surface area contributed by atoms with Crippen LogP contribution in [0.4, 0.5) is 5.69 Å². The van der Waals surface area contributed by atoms with Crippen molar-refractivity contribution in [2.24, 2.45) is 5.73 Å². The average Bonchev–Trinajstić information content (AvgIpc) is 2.29. The van der Waals surface area contributed by atoms with Gasteiger partial charge in [-0.05, 0) is 31.5 Å². The highest BCUT2D eigenvalue weighted by Crippen LogP contribution is 2.12. The summed E-state index contributed by atoms with van der Waals surface area (Å²) in [7, 11) is -1.12. The Kier molecular flexibility index (Phi) is 5.86. The highest BCUT2D eigenvalue weighted by atomic mass is 32.2. The Balaban J connectivity index is 2.45. The predicted molar refractivity (Wildman–Crippen MR) is 71.4 cm³/mol. The van der Waals surface area contributed by atoms with Crippen molar-refractivity contribution < 1.29 is 9.00 Å². The first-order valence-corrected chi connectivity index (χ1v) is 7.03. The van der Waals surface area contributed by atoms with Crippen molar-refractivity contribution in [3.05, 3.63) is 29.8 Å². The van der Waals surface area contributed by atoms with Crippen LogP contribution in [-0.2, 0) is 15.6 Å². The van der Waals surface area contributed by atoms with Crippen molar-refractivity contribution in [3.8, 4) is 0 Å². The van der Waals surface area contributed by atoms with Crippen molar-refractivity contribution in [2.75, 3.05) is 23.4 Å². The number of carbonyl (C=O) groups is 1. The van der Waals surface area contributed by atoms with Crippen LogP contribution in [-0.4, -0.2) is 28.2 Å². The van der Waals surface area contributed by atoms with Crippen molar-refractivity contribution >= 4 is 22.4 Å². The standard InChI is InChI=1S/C12H18N2O2S/c1-10-5-2-3-6-11(10)14-12(15)9-17(16)8-4-7-13/h2-3,5-6H,4,7-9,13H2,1H3,(H,14,15). The number of aryl methyl sites for hydroxylation is 1. The molecular weight excluding hydrogens is 236 g/mol. The van der Waals surface area contributed by atoms with E-state index in [0.717, 1.165) is 11.3 Å². The second-order valence-corrected chi connectivity index (χ2v) is 5.37. The van der Waals surface area contributed by atoms with Gasteiger partial charge in [0.2, 0.25) is 5.91 Å². The van der Waals surface area contributed by atoms with Gasteiger partial charge in [-0.3, -0.25) is 9.00 Å². The molecule has 0 saturated heterocycles. The molecule has 17 heavy (non-hydrogen) atoms. The van der Waals surface area contributed by atoms with Crippen LogP contribution in [0, 0.1) is 6.92 Å². The summed E-state index contributed by atoms with van der Waals surface area (Å²) in [6.45, 7) is 2.42. The molecule has 94 valence electrons. The van der Waals surface area contributed by atoms with E-state index in [-0.39, 0.29) is 11.7 Å². The Morgan fingerprint density at radius 1 is 1.41 bits per heavy atom. The van der Waals surface area contributed by atoms with E-state index in [1.807, 2.05) is 31.2 Å². The molecule has 1 aromatic carbocycles. The first-order chi connectivity index (χ1) is 8.13. The quantitative estimate of drug-likeness (QED) is 0.796. The van der Waals surface area contributed by atoms with Crippen molar-refractivity contribution in [2.45, 2.75) is 13.3 Å². The summed E-state index contributed by atoms with van der Waals surface area (Å²) in [6.07, 6.45) is 0.685. The Bertz CT molecular complexity index is 407. The molecular formula is C12H18N2O2S. The van der Waals surface area contributed by atoms with Crippen LogP contribution in [0.5, 0.6) is 0 Å². The summed E-state index contributed by atoms with van der Waals surface area (Å²) in [5.74, 6) is 0.307. The summed E-state index contributed by atoms with van der Waals surface area (Å²) < 4.78 is 11.5. The van der Waals surface area contributed by atoms with Crippen LogP contribution in [0.15, 0.2) is 24.3 Å². The fourth-order valence-electron chi connectivity index (χ4n) is 1.36. The van der Waals surface area contributed by atoms with Gasteiger partial charge in [-0.1, -0.05) is 18.2 Å². The van der Waals surface area contributed by atoms with Gasteiger partial charge in [0.25, 0.3) is 0 Å². The molecule has 0 aliphatic heterocycles. The third-order valence-electron chi connectivity index (χ3n) is 2.29. The molecule has 3 N–H and O–H groups in total. The number of rotatable bonds is 6. The summed E-state index contributed by atoms with van der Waals surface area (Å²) in [5, 5.41) is 2.75. The molecule has 0 saturated carbocycles. The second-order valence-electron chi connectivity index (χ2n) is 3.79. The molecule has 1 rings (SSSR count). The van der Waals surface area contributed by atoms with E-state index < -0.39 is 10.8 Å². The van der Waals surface area contributed by atoms with E-state index in [2.05, 4.69) is 5.32 Å². The zero-order chi connectivity index (χ0) is 12.7. The number of hydrogen-bond acceptors (Lipinski definition) is 3. The Morgan fingerprint density at radius 2 is 2.12 bits per heavy atom. The van der Waals surface area contributed by atoms with E-state index in [1.54, 1.807) is 0 Å². The maximum Gasteiger partial charge on any atom is 0.236 e. The minimum absolute atomic E-state index is 0.0360. The molecule has 1 unspecified atom stereocenters. The molecule has 0 heterocycles. The predicted octanol–water partition coefficient (Wildman–Crippen LogP) is 1.03. The summed E-state index contributed by atoms with van der Waals surface area (Å²) >= 11 is 0. The van der Waals surface area contributed by atoms with Crippen molar-refractivity contribution in [1.82, 2.24) is 0 Å². The lowest BCUT2D eigenvalue weighted by atomic mass is 10.2. The van der Waals surface area contributed by atoms with Gasteiger partial charge in [-0.2, -0.15) is 0 Å². The third kappa shape index (κ3) is 5.10. The van der Waals surface area contributed by atoms with Gasteiger partial charge in [-0.25, -0.2) is 0 Å². The fourth-order valence-corrected chi connectivity index (χ4v) is 2.36. The largest absolute Gasteiger partial charge is 0.330 e. The minimum Gasteiger partial charge on any atom is -0.330 e. The van der Waals surface area contributed by atoms with Gasteiger partial charge in [-0.15, -0.1) is 0 Å². The van der Waals surface area contributed by atoms with Crippen LogP contribution >= 0.6 is 0 Å². The smallest absolute Gasteiger partial charge is 0.236 e.